The molecule has 0 saturated carbocycles. The lowest BCUT2D eigenvalue weighted by molar-refractivity contribution is 0.0693. The number of ether oxygens (including phenoxy) is 1. The fraction of sp³-hybridized carbons (Fsp3) is 0.222. The van der Waals surface area contributed by atoms with Crippen molar-refractivity contribution in [2.45, 2.75) is 6.92 Å². The second-order valence-corrected chi connectivity index (χ2v) is 2.95. The summed E-state index contributed by atoms with van der Waals surface area (Å²) in [5.41, 5.74) is 0.339. The van der Waals surface area contributed by atoms with Crippen molar-refractivity contribution in [2.75, 3.05) is 7.11 Å². The van der Waals surface area contributed by atoms with Crippen molar-refractivity contribution >= 4 is 17.0 Å². The van der Waals surface area contributed by atoms with Gasteiger partial charge in [0.2, 0.25) is 5.65 Å². The molecule has 0 aliphatic heterocycles. The molecule has 0 amide bonds. The predicted molar refractivity (Wildman–Crippen MR) is 50.1 cm³/mol. The Bertz CT molecular complexity index is 532. The zero-order valence-corrected chi connectivity index (χ0v) is 8.14. The molecule has 0 saturated heterocycles. The molecule has 0 spiro atoms. The van der Waals surface area contributed by atoms with Gasteiger partial charge in [-0.2, -0.15) is 0 Å². The van der Waals surface area contributed by atoms with Gasteiger partial charge in [0.25, 0.3) is 0 Å². The number of hydrogen-bond acceptors (Lipinski definition) is 5. The van der Waals surface area contributed by atoms with Crippen LogP contribution >= 0.6 is 0 Å². The highest BCUT2D eigenvalue weighted by atomic mass is 16.5. The fourth-order valence-electron chi connectivity index (χ4n) is 1.39. The number of methoxy groups -OCH3 is 1. The van der Waals surface area contributed by atoms with Gasteiger partial charge in [0, 0.05) is 6.20 Å². The van der Waals surface area contributed by atoms with E-state index in [1.165, 1.54) is 13.3 Å². The molecule has 0 fully saturated rings. The standard InChI is InChI=1S/C9H8N2O4/c1-4-6-7(14-2)5(9(12)13)3-10-8(6)11-15-4/h3H,1-2H3,(H,12,13). The maximum absolute atomic E-state index is 10.9. The number of aromatic carboxylic acids is 1. The van der Waals surface area contributed by atoms with Gasteiger partial charge in [0.15, 0.2) is 0 Å². The van der Waals surface area contributed by atoms with E-state index in [4.69, 9.17) is 14.4 Å². The average molecular weight is 208 g/mol. The van der Waals surface area contributed by atoms with Crippen LogP contribution in [-0.2, 0) is 0 Å². The molecule has 0 atom stereocenters. The monoisotopic (exact) mass is 208 g/mol. The van der Waals surface area contributed by atoms with E-state index >= 15 is 0 Å². The molecule has 0 unspecified atom stereocenters. The van der Waals surface area contributed by atoms with Crippen LogP contribution in [0.5, 0.6) is 5.75 Å². The summed E-state index contributed by atoms with van der Waals surface area (Å²) in [6.45, 7) is 1.67. The second-order valence-electron chi connectivity index (χ2n) is 2.95. The number of nitrogens with zero attached hydrogens (tertiary/aromatic N) is 2. The molecule has 6 nitrogen and oxygen atoms in total. The number of carboxylic acids is 1. The molecule has 78 valence electrons. The Labute approximate surface area is 84.5 Å². The van der Waals surface area contributed by atoms with Crippen molar-refractivity contribution in [3.8, 4) is 5.75 Å². The third-order valence-corrected chi connectivity index (χ3v) is 2.07. The summed E-state index contributed by atoms with van der Waals surface area (Å²) in [6, 6.07) is 0. The third-order valence-electron chi connectivity index (χ3n) is 2.07. The number of aryl methyl sites for hydroxylation is 1. The van der Waals surface area contributed by atoms with Gasteiger partial charge in [-0.05, 0) is 6.92 Å². The quantitative estimate of drug-likeness (QED) is 0.798. The van der Waals surface area contributed by atoms with Crippen molar-refractivity contribution in [3.05, 3.63) is 17.5 Å². The van der Waals surface area contributed by atoms with Gasteiger partial charge >= 0.3 is 5.97 Å². The van der Waals surface area contributed by atoms with Crippen molar-refractivity contribution in [1.82, 2.24) is 10.1 Å². The SMILES string of the molecule is COc1c(C(=O)O)cnc2noc(C)c12. The summed E-state index contributed by atoms with van der Waals surface area (Å²) in [6.07, 6.45) is 1.20. The molecule has 0 aliphatic carbocycles. The lowest BCUT2D eigenvalue weighted by Crippen LogP contribution is -2.02. The zero-order chi connectivity index (χ0) is 11.0. The van der Waals surface area contributed by atoms with Crippen LogP contribution in [-0.4, -0.2) is 28.3 Å². The van der Waals surface area contributed by atoms with Gasteiger partial charge < -0.3 is 14.4 Å². The highest BCUT2D eigenvalue weighted by molar-refractivity contribution is 5.98. The zero-order valence-electron chi connectivity index (χ0n) is 8.14. The molecule has 2 heterocycles. The van der Waals surface area contributed by atoms with Gasteiger partial charge in [-0.25, -0.2) is 9.78 Å². The van der Waals surface area contributed by atoms with E-state index in [0.717, 1.165) is 0 Å². The van der Waals surface area contributed by atoms with Gasteiger partial charge in [-0.1, -0.05) is 5.16 Å². The van der Waals surface area contributed by atoms with Gasteiger partial charge in [0.1, 0.15) is 22.5 Å². The number of fused-ring (bicyclic) bond motifs is 1. The van der Waals surface area contributed by atoms with Crippen LogP contribution in [0.25, 0.3) is 11.0 Å². The van der Waals surface area contributed by atoms with Crippen LogP contribution in [0.2, 0.25) is 0 Å². The topological polar surface area (TPSA) is 85.5 Å². The number of aromatic nitrogens is 2. The number of carboxylic acid groups (broad SMARTS) is 1. The molecule has 1 N–H and O–H groups in total. The lowest BCUT2D eigenvalue weighted by Gasteiger charge is -2.04. The highest BCUT2D eigenvalue weighted by Gasteiger charge is 2.19. The summed E-state index contributed by atoms with van der Waals surface area (Å²) in [7, 11) is 1.40. The van der Waals surface area contributed by atoms with Gasteiger partial charge in [-0.15, -0.1) is 0 Å². The van der Waals surface area contributed by atoms with E-state index in [2.05, 4.69) is 10.1 Å². The molecule has 6 heteroatoms. The predicted octanol–water partition coefficient (Wildman–Crippen LogP) is 1.24. The first-order valence-corrected chi connectivity index (χ1v) is 4.17. The third kappa shape index (κ3) is 1.30. The van der Waals surface area contributed by atoms with E-state index in [-0.39, 0.29) is 11.3 Å². The molecule has 15 heavy (non-hydrogen) atoms. The molecule has 0 radical (unpaired) electrons. The van der Waals surface area contributed by atoms with Crippen molar-refractivity contribution in [3.63, 3.8) is 0 Å². The fourth-order valence-corrected chi connectivity index (χ4v) is 1.39. The highest BCUT2D eigenvalue weighted by Crippen LogP contribution is 2.30. The van der Waals surface area contributed by atoms with Crippen molar-refractivity contribution < 1.29 is 19.2 Å². The lowest BCUT2D eigenvalue weighted by atomic mass is 10.2. The largest absolute Gasteiger partial charge is 0.495 e. The minimum absolute atomic E-state index is 0.00343. The van der Waals surface area contributed by atoms with Gasteiger partial charge in [-0.3, -0.25) is 0 Å². The molecule has 0 aliphatic rings. The minimum Gasteiger partial charge on any atom is -0.495 e. The van der Waals surface area contributed by atoms with Crippen LogP contribution in [0.3, 0.4) is 0 Å². The van der Waals surface area contributed by atoms with E-state index < -0.39 is 5.97 Å². The number of hydrogen-bond donors (Lipinski definition) is 1. The number of pyridine rings is 1. The Kier molecular flexibility index (Phi) is 2.03. The first kappa shape index (κ1) is 9.45. The van der Waals surface area contributed by atoms with Crippen molar-refractivity contribution in [1.29, 1.82) is 0 Å². The van der Waals surface area contributed by atoms with E-state index in [9.17, 15) is 4.79 Å². The number of rotatable bonds is 2. The smallest absolute Gasteiger partial charge is 0.341 e. The maximum Gasteiger partial charge on any atom is 0.341 e. The average Bonchev–Trinajstić information content (AvgIpc) is 2.59. The van der Waals surface area contributed by atoms with Gasteiger partial charge in [0.05, 0.1) is 7.11 Å². The summed E-state index contributed by atoms with van der Waals surface area (Å²) in [5.74, 6) is -0.384. The van der Waals surface area contributed by atoms with Crippen LogP contribution < -0.4 is 4.74 Å². The van der Waals surface area contributed by atoms with E-state index in [1.54, 1.807) is 6.92 Å². The Morgan fingerprint density at radius 3 is 2.93 bits per heavy atom. The number of carbonyl (C=O) groups is 1. The van der Waals surface area contributed by atoms with Crippen LogP contribution in [0.1, 0.15) is 16.1 Å². The van der Waals surface area contributed by atoms with E-state index in [0.29, 0.717) is 16.8 Å². The molecule has 0 bridgehead atoms. The molecular formula is C9H8N2O4. The Morgan fingerprint density at radius 2 is 2.33 bits per heavy atom. The van der Waals surface area contributed by atoms with Crippen molar-refractivity contribution in [2.24, 2.45) is 0 Å². The molecule has 2 aromatic rings. The Balaban J connectivity index is 2.85. The summed E-state index contributed by atoms with van der Waals surface area (Å²) in [4.78, 5) is 14.8. The summed E-state index contributed by atoms with van der Waals surface area (Å²) in [5, 5.41) is 13.1. The summed E-state index contributed by atoms with van der Waals surface area (Å²) < 4.78 is 9.94. The Morgan fingerprint density at radius 1 is 1.60 bits per heavy atom. The minimum atomic E-state index is -1.10. The first-order chi connectivity index (χ1) is 7.15. The second kappa shape index (κ2) is 3.23. The molecule has 2 rings (SSSR count). The normalized spacial score (nSPS) is 10.5. The van der Waals surface area contributed by atoms with Crippen LogP contribution in [0, 0.1) is 6.92 Å². The van der Waals surface area contributed by atoms with E-state index in [1.807, 2.05) is 0 Å². The molecule has 0 aromatic carbocycles. The van der Waals surface area contributed by atoms with Crippen LogP contribution in [0.4, 0.5) is 0 Å². The first-order valence-electron chi connectivity index (χ1n) is 4.17. The summed E-state index contributed by atoms with van der Waals surface area (Å²) >= 11 is 0. The Hall–Kier alpha value is -2.11. The maximum atomic E-state index is 10.9. The molecular weight excluding hydrogens is 200 g/mol. The van der Waals surface area contributed by atoms with Crippen LogP contribution in [0.15, 0.2) is 10.7 Å². The molecule has 2 aromatic heterocycles.